The highest BCUT2D eigenvalue weighted by Crippen LogP contribution is 2.30. The van der Waals surface area contributed by atoms with Gasteiger partial charge in [-0.3, -0.25) is 14.4 Å². The summed E-state index contributed by atoms with van der Waals surface area (Å²) in [7, 11) is 0. The van der Waals surface area contributed by atoms with Crippen LogP contribution in [0.2, 0.25) is 0 Å². The van der Waals surface area contributed by atoms with Crippen molar-refractivity contribution >= 4 is 46.4 Å². The summed E-state index contributed by atoms with van der Waals surface area (Å²) in [5, 5.41) is 5.65. The van der Waals surface area contributed by atoms with Gasteiger partial charge in [0.1, 0.15) is 10.7 Å². The number of carbonyl (C=O) groups is 3. The number of hydrogen-bond acceptors (Lipinski definition) is 4. The topological polar surface area (TPSA) is 78.5 Å². The predicted molar refractivity (Wildman–Crippen MR) is 130 cm³/mol. The van der Waals surface area contributed by atoms with Crippen LogP contribution < -0.4 is 15.5 Å². The fourth-order valence-corrected chi connectivity index (χ4v) is 3.67. The molecule has 166 valence electrons. The molecule has 0 atom stereocenters. The molecule has 0 spiro atoms. The van der Waals surface area contributed by atoms with Gasteiger partial charge in [0.2, 0.25) is 0 Å². The maximum atomic E-state index is 12.9. The lowest BCUT2D eigenvalue weighted by molar-refractivity contribution is -0.120. The molecular weight excluding hydrogens is 438 g/mol. The van der Waals surface area contributed by atoms with Gasteiger partial charge in [-0.25, -0.2) is 4.90 Å². The Balaban J connectivity index is 1.49. The van der Waals surface area contributed by atoms with Crippen molar-refractivity contribution < 1.29 is 14.4 Å². The highest BCUT2D eigenvalue weighted by atomic mass is 35.5. The van der Waals surface area contributed by atoms with Crippen LogP contribution in [0.15, 0.2) is 77.5 Å². The number of halogens is 1. The van der Waals surface area contributed by atoms with Crippen LogP contribution >= 0.6 is 11.6 Å². The van der Waals surface area contributed by atoms with Crippen LogP contribution in [0.3, 0.4) is 0 Å². The quantitative estimate of drug-likeness (QED) is 0.507. The fraction of sp³-hybridized carbons (Fsp3) is 0.115. The SMILES string of the molecule is Cc1ccc(N2C(=O)C(Cl)=C(Nc3ccc(C(=O)Nc4cc(C)ccc4C)cc3)C2=O)cc1. The van der Waals surface area contributed by atoms with E-state index in [2.05, 4.69) is 10.6 Å². The third kappa shape index (κ3) is 4.52. The van der Waals surface area contributed by atoms with Crippen molar-refractivity contribution in [2.75, 3.05) is 15.5 Å². The van der Waals surface area contributed by atoms with Crippen molar-refractivity contribution in [3.63, 3.8) is 0 Å². The molecule has 7 heteroatoms. The Morgan fingerprint density at radius 2 is 1.45 bits per heavy atom. The fourth-order valence-electron chi connectivity index (χ4n) is 3.45. The highest BCUT2D eigenvalue weighted by molar-refractivity contribution is 6.53. The van der Waals surface area contributed by atoms with Crippen molar-refractivity contribution in [1.82, 2.24) is 0 Å². The molecule has 0 saturated carbocycles. The maximum absolute atomic E-state index is 12.9. The summed E-state index contributed by atoms with van der Waals surface area (Å²) in [5.74, 6) is -1.37. The zero-order valence-electron chi connectivity index (χ0n) is 18.4. The molecule has 0 bridgehead atoms. The van der Waals surface area contributed by atoms with Crippen LogP contribution in [-0.4, -0.2) is 17.7 Å². The Morgan fingerprint density at radius 3 is 2.12 bits per heavy atom. The van der Waals surface area contributed by atoms with Crippen molar-refractivity contribution in [1.29, 1.82) is 0 Å². The Kier molecular flexibility index (Phi) is 6.03. The maximum Gasteiger partial charge on any atom is 0.283 e. The first-order valence-electron chi connectivity index (χ1n) is 10.4. The summed E-state index contributed by atoms with van der Waals surface area (Å²) in [5.41, 5.74) is 5.21. The number of benzene rings is 3. The van der Waals surface area contributed by atoms with Gasteiger partial charge in [0.05, 0.1) is 5.69 Å². The molecule has 0 fully saturated rings. The molecule has 1 aliphatic rings. The van der Waals surface area contributed by atoms with E-state index in [4.69, 9.17) is 11.6 Å². The second kappa shape index (κ2) is 8.92. The lowest BCUT2D eigenvalue weighted by atomic mass is 10.1. The van der Waals surface area contributed by atoms with Crippen LogP contribution in [0.5, 0.6) is 0 Å². The molecule has 6 nitrogen and oxygen atoms in total. The molecule has 0 radical (unpaired) electrons. The Bertz CT molecular complexity index is 1300. The largest absolute Gasteiger partial charge is 0.350 e. The van der Waals surface area contributed by atoms with Crippen LogP contribution in [-0.2, 0) is 9.59 Å². The number of anilines is 3. The van der Waals surface area contributed by atoms with E-state index in [-0.39, 0.29) is 16.6 Å². The van der Waals surface area contributed by atoms with Gasteiger partial charge in [-0.05, 0) is 74.4 Å². The monoisotopic (exact) mass is 459 g/mol. The molecule has 3 aromatic rings. The lowest BCUT2D eigenvalue weighted by Gasteiger charge is -2.15. The van der Waals surface area contributed by atoms with E-state index in [1.54, 1.807) is 36.4 Å². The number of imide groups is 1. The molecule has 4 rings (SSSR count). The van der Waals surface area contributed by atoms with E-state index in [0.29, 0.717) is 16.9 Å². The van der Waals surface area contributed by atoms with Gasteiger partial charge in [0.25, 0.3) is 17.7 Å². The molecule has 0 aromatic heterocycles. The van der Waals surface area contributed by atoms with Gasteiger partial charge < -0.3 is 10.6 Å². The standard InChI is InChI=1S/C26H22ClN3O3/c1-15-5-12-20(13-6-15)30-25(32)22(27)23(26(30)33)28-19-10-8-18(9-11-19)24(31)29-21-14-16(2)4-7-17(21)3/h4-14,28H,1-3H3,(H,29,31). The molecule has 0 aliphatic carbocycles. The van der Waals surface area contributed by atoms with Crippen LogP contribution in [0, 0.1) is 20.8 Å². The number of hydrogen-bond donors (Lipinski definition) is 2. The summed E-state index contributed by atoms with van der Waals surface area (Å²) in [6.07, 6.45) is 0. The first-order valence-corrected chi connectivity index (χ1v) is 10.7. The second-order valence-electron chi connectivity index (χ2n) is 7.95. The normalized spacial score (nSPS) is 13.5. The summed E-state index contributed by atoms with van der Waals surface area (Å²) in [6.45, 7) is 5.81. The molecule has 1 heterocycles. The Labute approximate surface area is 196 Å². The first-order chi connectivity index (χ1) is 15.7. The van der Waals surface area contributed by atoms with Gasteiger partial charge in [0, 0.05) is 16.9 Å². The van der Waals surface area contributed by atoms with E-state index < -0.39 is 11.8 Å². The predicted octanol–water partition coefficient (Wildman–Crippen LogP) is 5.30. The Hall–Kier alpha value is -3.90. The first kappa shape index (κ1) is 22.3. The van der Waals surface area contributed by atoms with E-state index in [0.717, 1.165) is 27.3 Å². The van der Waals surface area contributed by atoms with Crippen LogP contribution in [0.25, 0.3) is 0 Å². The number of nitrogens with one attached hydrogen (secondary N) is 2. The molecule has 33 heavy (non-hydrogen) atoms. The molecule has 2 N–H and O–H groups in total. The smallest absolute Gasteiger partial charge is 0.283 e. The third-order valence-electron chi connectivity index (χ3n) is 5.38. The second-order valence-corrected chi connectivity index (χ2v) is 8.32. The van der Waals surface area contributed by atoms with E-state index in [1.165, 1.54) is 0 Å². The van der Waals surface area contributed by atoms with Crippen molar-refractivity contribution in [2.24, 2.45) is 0 Å². The molecule has 0 unspecified atom stereocenters. The minimum atomic E-state index is -0.586. The van der Waals surface area contributed by atoms with Crippen LogP contribution in [0.4, 0.5) is 17.1 Å². The van der Waals surface area contributed by atoms with Gasteiger partial charge in [0.15, 0.2) is 0 Å². The average Bonchev–Trinajstić information content (AvgIpc) is 3.00. The number of rotatable bonds is 5. The minimum Gasteiger partial charge on any atom is -0.350 e. The summed E-state index contributed by atoms with van der Waals surface area (Å²) in [6, 6.07) is 19.5. The molecule has 0 saturated heterocycles. The van der Waals surface area contributed by atoms with E-state index in [9.17, 15) is 14.4 Å². The van der Waals surface area contributed by atoms with Gasteiger partial charge in [-0.1, -0.05) is 41.4 Å². The van der Waals surface area contributed by atoms with Crippen molar-refractivity contribution in [3.8, 4) is 0 Å². The lowest BCUT2D eigenvalue weighted by Crippen LogP contribution is -2.32. The molecular formula is C26H22ClN3O3. The summed E-state index contributed by atoms with van der Waals surface area (Å²) in [4.78, 5) is 39.2. The van der Waals surface area contributed by atoms with Crippen molar-refractivity contribution in [3.05, 3.63) is 99.7 Å². The zero-order chi connectivity index (χ0) is 23.7. The number of amides is 3. The van der Waals surface area contributed by atoms with E-state index in [1.807, 2.05) is 51.1 Å². The highest BCUT2D eigenvalue weighted by Gasteiger charge is 2.38. The van der Waals surface area contributed by atoms with Crippen LogP contribution in [0.1, 0.15) is 27.0 Å². The zero-order valence-corrected chi connectivity index (χ0v) is 19.2. The van der Waals surface area contributed by atoms with E-state index >= 15 is 0 Å². The molecule has 1 aliphatic heterocycles. The average molecular weight is 460 g/mol. The van der Waals surface area contributed by atoms with Gasteiger partial charge in [-0.2, -0.15) is 0 Å². The summed E-state index contributed by atoms with van der Waals surface area (Å²) < 4.78 is 0. The molecule has 3 amide bonds. The van der Waals surface area contributed by atoms with Gasteiger partial charge in [-0.15, -0.1) is 0 Å². The van der Waals surface area contributed by atoms with Gasteiger partial charge >= 0.3 is 0 Å². The number of aryl methyl sites for hydroxylation is 3. The minimum absolute atomic E-state index is 0.00479. The third-order valence-corrected chi connectivity index (χ3v) is 5.73. The number of nitrogens with zero attached hydrogens (tertiary/aromatic N) is 1. The van der Waals surface area contributed by atoms with Crippen molar-refractivity contribution in [2.45, 2.75) is 20.8 Å². The summed E-state index contributed by atoms with van der Waals surface area (Å²) >= 11 is 6.19. The molecule has 3 aromatic carbocycles. The number of carbonyl (C=O) groups excluding carboxylic acids is 3. The Morgan fingerprint density at radius 1 is 0.818 bits per heavy atom.